The number of halogens is 1. The van der Waals surface area contributed by atoms with Crippen molar-refractivity contribution in [3.8, 4) is 0 Å². The molecule has 0 aliphatic carbocycles. The fraction of sp³-hybridized carbons (Fsp3) is 0.111. The summed E-state index contributed by atoms with van der Waals surface area (Å²) < 4.78 is 5.17. The second-order valence-electron chi connectivity index (χ2n) is 2.58. The Hall–Kier alpha value is -0.990. The Morgan fingerprint density at radius 1 is 1.33 bits per heavy atom. The van der Waals surface area contributed by atoms with Gasteiger partial charge in [-0.1, -0.05) is 17.7 Å². The van der Waals surface area contributed by atoms with Crippen LogP contribution in [0.2, 0.25) is 5.02 Å². The van der Waals surface area contributed by atoms with Crippen molar-refractivity contribution in [2.75, 3.05) is 0 Å². The molecule has 2 nitrogen and oxygen atoms in total. The van der Waals surface area contributed by atoms with Crippen LogP contribution in [0.3, 0.4) is 0 Å². The maximum absolute atomic E-state index is 6.04. The van der Waals surface area contributed by atoms with E-state index in [1.807, 2.05) is 18.2 Å². The summed E-state index contributed by atoms with van der Waals surface area (Å²) in [6, 6.07) is 5.61. The molecule has 0 saturated heterocycles. The Labute approximate surface area is 74.9 Å². The predicted molar refractivity (Wildman–Crippen MR) is 49.1 cm³/mol. The van der Waals surface area contributed by atoms with Gasteiger partial charge < -0.3 is 10.2 Å². The lowest BCUT2D eigenvalue weighted by molar-refractivity contribution is 0.616. The van der Waals surface area contributed by atoms with Crippen LogP contribution in [-0.4, -0.2) is 0 Å². The Balaban J connectivity index is 2.78. The number of hydrogen-bond donors (Lipinski definition) is 1. The van der Waals surface area contributed by atoms with Crippen LogP contribution in [0.4, 0.5) is 0 Å². The van der Waals surface area contributed by atoms with E-state index in [4.69, 9.17) is 21.8 Å². The van der Waals surface area contributed by atoms with E-state index in [-0.39, 0.29) is 0 Å². The van der Waals surface area contributed by atoms with Gasteiger partial charge in [0.05, 0.1) is 11.3 Å². The van der Waals surface area contributed by atoms with Gasteiger partial charge in [0.15, 0.2) is 0 Å². The zero-order chi connectivity index (χ0) is 8.55. The predicted octanol–water partition coefficient (Wildman–Crippen LogP) is 2.54. The van der Waals surface area contributed by atoms with Gasteiger partial charge in [-0.15, -0.1) is 0 Å². The summed E-state index contributed by atoms with van der Waals surface area (Å²) in [5.74, 6) is 0. The Morgan fingerprint density at radius 3 is 2.92 bits per heavy atom. The lowest BCUT2D eigenvalue weighted by Gasteiger charge is -1.99. The molecule has 1 aromatic carbocycles. The molecule has 0 amide bonds. The van der Waals surface area contributed by atoms with Gasteiger partial charge in [-0.2, -0.15) is 0 Å². The van der Waals surface area contributed by atoms with E-state index in [1.54, 1.807) is 6.26 Å². The molecule has 62 valence electrons. The first kappa shape index (κ1) is 7.65. The molecule has 0 aliphatic rings. The highest BCUT2D eigenvalue weighted by Gasteiger charge is 2.05. The Bertz CT molecular complexity index is 408. The Kier molecular flexibility index (Phi) is 1.79. The smallest absolute Gasteiger partial charge is 0.135 e. The van der Waals surface area contributed by atoms with Crippen molar-refractivity contribution >= 4 is 22.6 Å². The highest BCUT2D eigenvalue weighted by atomic mass is 35.5. The summed E-state index contributed by atoms with van der Waals surface area (Å²) in [7, 11) is 0. The molecule has 12 heavy (non-hydrogen) atoms. The molecule has 1 heterocycles. The van der Waals surface area contributed by atoms with Crippen LogP contribution in [0, 0.1) is 0 Å². The van der Waals surface area contributed by atoms with Gasteiger partial charge in [0.1, 0.15) is 5.58 Å². The van der Waals surface area contributed by atoms with E-state index < -0.39 is 0 Å². The van der Waals surface area contributed by atoms with Crippen LogP contribution in [0.15, 0.2) is 28.9 Å². The minimum Gasteiger partial charge on any atom is -0.464 e. The van der Waals surface area contributed by atoms with Crippen LogP contribution in [0.25, 0.3) is 11.0 Å². The average molecular weight is 182 g/mol. The summed E-state index contributed by atoms with van der Waals surface area (Å²) in [4.78, 5) is 0. The maximum Gasteiger partial charge on any atom is 0.135 e. The molecule has 2 N–H and O–H groups in total. The van der Waals surface area contributed by atoms with Crippen LogP contribution in [0.5, 0.6) is 0 Å². The van der Waals surface area contributed by atoms with Crippen molar-refractivity contribution in [3.05, 3.63) is 35.0 Å². The summed E-state index contributed by atoms with van der Waals surface area (Å²) >= 11 is 6.04. The van der Waals surface area contributed by atoms with Crippen molar-refractivity contribution in [2.45, 2.75) is 6.54 Å². The number of benzene rings is 1. The number of hydrogen-bond acceptors (Lipinski definition) is 2. The summed E-state index contributed by atoms with van der Waals surface area (Å²) in [5.41, 5.74) is 7.25. The van der Waals surface area contributed by atoms with E-state index in [0.29, 0.717) is 11.6 Å². The van der Waals surface area contributed by atoms with Crippen molar-refractivity contribution < 1.29 is 4.42 Å². The normalized spacial score (nSPS) is 10.8. The topological polar surface area (TPSA) is 39.2 Å². The molecule has 0 aliphatic heterocycles. The molecule has 0 spiro atoms. The first-order chi connectivity index (χ1) is 5.83. The van der Waals surface area contributed by atoms with Gasteiger partial charge in [0.25, 0.3) is 0 Å². The second kappa shape index (κ2) is 2.81. The Morgan fingerprint density at radius 2 is 2.17 bits per heavy atom. The average Bonchev–Trinajstić information content (AvgIpc) is 2.53. The van der Waals surface area contributed by atoms with Crippen LogP contribution in [0.1, 0.15) is 5.56 Å². The third-order valence-corrected chi connectivity index (χ3v) is 2.32. The summed E-state index contributed by atoms with van der Waals surface area (Å²) in [5, 5.41) is 1.63. The molecule has 0 bridgehead atoms. The summed E-state index contributed by atoms with van der Waals surface area (Å²) in [6.45, 7) is 0.458. The van der Waals surface area contributed by atoms with Crippen molar-refractivity contribution in [3.63, 3.8) is 0 Å². The standard InChI is InChI=1S/C9H8ClNO/c10-9-6(5-11)1-2-8-7(9)3-4-12-8/h1-4H,5,11H2. The first-order valence-corrected chi connectivity index (χ1v) is 4.05. The number of furan rings is 1. The minimum atomic E-state index is 0.458. The number of nitrogens with two attached hydrogens (primary N) is 1. The zero-order valence-corrected chi connectivity index (χ0v) is 7.14. The van der Waals surface area contributed by atoms with E-state index >= 15 is 0 Å². The minimum absolute atomic E-state index is 0.458. The lowest BCUT2D eigenvalue weighted by Crippen LogP contribution is -1.96. The van der Waals surface area contributed by atoms with E-state index in [2.05, 4.69) is 0 Å². The molecule has 3 heteroatoms. The fourth-order valence-electron chi connectivity index (χ4n) is 1.21. The van der Waals surface area contributed by atoms with Gasteiger partial charge in [-0.05, 0) is 17.7 Å². The monoisotopic (exact) mass is 181 g/mol. The van der Waals surface area contributed by atoms with Crippen molar-refractivity contribution in [1.82, 2.24) is 0 Å². The number of fused-ring (bicyclic) bond motifs is 1. The second-order valence-corrected chi connectivity index (χ2v) is 2.95. The van der Waals surface area contributed by atoms with E-state index in [9.17, 15) is 0 Å². The molecular formula is C9H8ClNO. The number of rotatable bonds is 1. The van der Waals surface area contributed by atoms with Crippen molar-refractivity contribution in [1.29, 1.82) is 0 Å². The third-order valence-electron chi connectivity index (χ3n) is 1.87. The highest BCUT2D eigenvalue weighted by molar-refractivity contribution is 6.36. The van der Waals surface area contributed by atoms with E-state index in [1.165, 1.54) is 0 Å². The van der Waals surface area contributed by atoms with Gasteiger partial charge in [-0.25, -0.2) is 0 Å². The van der Waals surface area contributed by atoms with E-state index in [0.717, 1.165) is 16.5 Å². The van der Waals surface area contributed by atoms with Crippen molar-refractivity contribution in [2.24, 2.45) is 5.73 Å². The van der Waals surface area contributed by atoms with Crippen LogP contribution in [-0.2, 0) is 6.54 Å². The molecule has 0 atom stereocenters. The molecule has 2 aromatic rings. The lowest BCUT2D eigenvalue weighted by atomic mass is 10.1. The third kappa shape index (κ3) is 1.00. The molecule has 0 fully saturated rings. The molecule has 2 rings (SSSR count). The largest absolute Gasteiger partial charge is 0.464 e. The molecule has 0 saturated carbocycles. The quantitative estimate of drug-likeness (QED) is 0.735. The maximum atomic E-state index is 6.04. The fourth-order valence-corrected chi connectivity index (χ4v) is 1.51. The van der Waals surface area contributed by atoms with Gasteiger partial charge in [0, 0.05) is 11.9 Å². The SMILES string of the molecule is NCc1ccc2occc2c1Cl. The first-order valence-electron chi connectivity index (χ1n) is 3.67. The molecule has 1 aromatic heterocycles. The zero-order valence-electron chi connectivity index (χ0n) is 6.38. The van der Waals surface area contributed by atoms with Gasteiger partial charge in [0.2, 0.25) is 0 Å². The molecular weight excluding hydrogens is 174 g/mol. The van der Waals surface area contributed by atoms with Crippen LogP contribution < -0.4 is 5.73 Å². The summed E-state index contributed by atoms with van der Waals surface area (Å²) in [6.07, 6.45) is 1.62. The van der Waals surface area contributed by atoms with Crippen LogP contribution >= 0.6 is 11.6 Å². The molecule has 0 radical (unpaired) electrons. The molecule has 0 unspecified atom stereocenters. The van der Waals surface area contributed by atoms with Gasteiger partial charge in [-0.3, -0.25) is 0 Å². The highest BCUT2D eigenvalue weighted by Crippen LogP contribution is 2.27. The van der Waals surface area contributed by atoms with Gasteiger partial charge >= 0.3 is 0 Å².